The lowest BCUT2D eigenvalue weighted by Gasteiger charge is -2.16. The van der Waals surface area contributed by atoms with Crippen molar-refractivity contribution in [3.8, 4) is 0 Å². The van der Waals surface area contributed by atoms with Gasteiger partial charge in [-0.1, -0.05) is 0 Å². The van der Waals surface area contributed by atoms with Gasteiger partial charge in [0.1, 0.15) is 11.3 Å². The number of rotatable bonds is 3. The molecule has 0 aliphatic carbocycles. The predicted octanol–water partition coefficient (Wildman–Crippen LogP) is 2.64. The molecule has 3 nitrogen and oxygen atoms in total. The second-order valence-electron chi connectivity index (χ2n) is 4.71. The Kier molecular flexibility index (Phi) is 2.68. The van der Waals surface area contributed by atoms with Crippen LogP contribution >= 0.6 is 0 Å². The van der Waals surface area contributed by atoms with E-state index in [2.05, 4.69) is 4.98 Å². The van der Waals surface area contributed by atoms with Crippen molar-refractivity contribution in [2.24, 2.45) is 5.73 Å². The fraction of sp³-hybridized carbons (Fsp3) is 0.417. The Morgan fingerprint density at radius 2 is 2.19 bits per heavy atom. The van der Waals surface area contributed by atoms with Crippen LogP contribution in [0.15, 0.2) is 22.6 Å². The highest BCUT2D eigenvalue weighted by Gasteiger charge is 2.13. The molecule has 0 saturated carbocycles. The lowest BCUT2D eigenvalue weighted by atomic mass is 10.0. The van der Waals surface area contributed by atoms with Gasteiger partial charge in [0.25, 0.3) is 0 Å². The van der Waals surface area contributed by atoms with Crippen molar-refractivity contribution in [2.75, 3.05) is 0 Å². The summed E-state index contributed by atoms with van der Waals surface area (Å²) in [5.74, 6) is 0.300. The van der Waals surface area contributed by atoms with Gasteiger partial charge in [0.2, 0.25) is 0 Å². The Morgan fingerprint density at radius 1 is 1.44 bits per heavy atom. The number of aromatic nitrogens is 1. The van der Waals surface area contributed by atoms with Crippen LogP contribution in [0.2, 0.25) is 0 Å². The molecule has 86 valence electrons. The molecule has 4 heteroatoms. The maximum absolute atomic E-state index is 12.9. The summed E-state index contributed by atoms with van der Waals surface area (Å²) in [4.78, 5) is 4.27. The van der Waals surface area contributed by atoms with E-state index >= 15 is 0 Å². The molecule has 1 aromatic heterocycles. The molecule has 0 radical (unpaired) electrons. The van der Waals surface area contributed by atoms with Gasteiger partial charge in [-0.05, 0) is 32.4 Å². The number of hydrogen-bond donors (Lipinski definition) is 1. The van der Waals surface area contributed by atoms with Gasteiger partial charge < -0.3 is 10.2 Å². The van der Waals surface area contributed by atoms with Crippen molar-refractivity contribution < 1.29 is 8.81 Å². The molecule has 0 spiro atoms. The molecule has 0 amide bonds. The molecule has 2 aromatic rings. The second-order valence-corrected chi connectivity index (χ2v) is 4.71. The van der Waals surface area contributed by atoms with Crippen LogP contribution in [-0.2, 0) is 6.42 Å². The monoisotopic (exact) mass is 222 g/mol. The van der Waals surface area contributed by atoms with Crippen LogP contribution in [0.3, 0.4) is 0 Å². The first-order chi connectivity index (χ1) is 7.44. The lowest BCUT2D eigenvalue weighted by Crippen LogP contribution is -2.32. The van der Waals surface area contributed by atoms with Crippen LogP contribution in [0.1, 0.15) is 26.2 Å². The number of nitrogens with two attached hydrogens (primary N) is 1. The number of benzene rings is 1. The molecule has 0 aliphatic rings. The van der Waals surface area contributed by atoms with Crippen LogP contribution in [0.4, 0.5) is 4.39 Å². The van der Waals surface area contributed by atoms with Gasteiger partial charge in [0, 0.05) is 18.0 Å². The van der Waals surface area contributed by atoms with E-state index in [0.717, 1.165) is 6.42 Å². The van der Waals surface area contributed by atoms with Gasteiger partial charge in [0.05, 0.1) is 0 Å². The number of aryl methyl sites for hydroxylation is 1. The molecular weight excluding hydrogens is 207 g/mol. The largest absolute Gasteiger partial charge is 0.441 e. The summed E-state index contributed by atoms with van der Waals surface area (Å²) in [6, 6.07) is 4.34. The Morgan fingerprint density at radius 3 is 2.88 bits per heavy atom. The summed E-state index contributed by atoms with van der Waals surface area (Å²) in [6.07, 6.45) is 1.45. The van der Waals surface area contributed by atoms with Crippen LogP contribution in [-0.4, -0.2) is 10.5 Å². The SMILES string of the molecule is CC(C)(N)CCc1nc2ccc(F)cc2o1. The average Bonchev–Trinajstić information content (AvgIpc) is 2.55. The minimum Gasteiger partial charge on any atom is -0.441 e. The second kappa shape index (κ2) is 3.87. The fourth-order valence-electron chi connectivity index (χ4n) is 1.48. The highest BCUT2D eigenvalue weighted by atomic mass is 19.1. The number of oxazole rings is 1. The lowest BCUT2D eigenvalue weighted by molar-refractivity contribution is 0.434. The summed E-state index contributed by atoms with van der Waals surface area (Å²) in [6.45, 7) is 3.91. The Labute approximate surface area is 93.5 Å². The van der Waals surface area contributed by atoms with Crippen molar-refractivity contribution >= 4 is 11.1 Å². The van der Waals surface area contributed by atoms with Crippen molar-refractivity contribution in [1.29, 1.82) is 0 Å². The maximum atomic E-state index is 12.9. The zero-order valence-electron chi connectivity index (χ0n) is 9.46. The first kappa shape index (κ1) is 11.1. The Bertz CT molecular complexity index is 499. The molecule has 1 heterocycles. The van der Waals surface area contributed by atoms with Gasteiger partial charge in [-0.15, -0.1) is 0 Å². The predicted molar refractivity (Wildman–Crippen MR) is 60.6 cm³/mol. The molecule has 2 rings (SSSR count). The standard InChI is InChI=1S/C12H15FN2O/c1-12(2,14)6-5-11-15-9-4-3-8(13)7-10(9)16-11/h3-4,7H,5-6,14H2,1-2H3. The van der Waals surface area contributed by atoms with Crippen molar-refractivity contribution in [3.63, 3.8) is 0 Å². The molecule has 0 fully saturated rings. The summed E-state index contributed by atoms with van der Waals surface area (Å²) in [5, 5.41) is 0. The quantitative estimate of drug-likeness (QED) is 0.868. The normalized spacial score (nSPS) is 12.2. The molecular formula is C12H15FN2O. The fourth-order valence-corrected chi connectivity index (χ4v) is 1.48. The Hall–Kier alpha value is -1.42. The number of halogens is 1. The van der Waals surface area contributed by atoms with Gasteiger partial charge in [-0.2, -0.15) is 0 Å². The van der Waals surface area contributed by atoms with E-state index in [9.17, 15) is 4.39 Å². The van der Waals surface area contributed by atoms with Gasteiger partial charge in [-0.25, -0.2) is 9.37 Å². The smallest absolute Gasteiger partial charge is 0.195 e. The van der Waals surface area contributed by atoms with E-state index in [0.29, 0.717) is 23.4 Å². The zero-order chi connectivity index (χ0) is 11.8. The summed E-state index contributed by atoms with van der Waals surface area (Å²) in [7, 11) is 0. The first-order valence-corrected chi connectivity index (χ1v) is 5.28. The Balaban J connectivity index is 2.20. The van der Waals surface area contributed by atoms with E-state index in [1.165, 1.54) is 12.1 Å². The van der Waals surface area contributed by atoms with Gasteiger partial charge in [0.15, 0.2) is 11.5 Å². The zero-order valence-corrected chi connectivity index (χ0v) is 9.46. The van der Waals surface area contributed by atoms with Crippen molar-refractivity contribution in [2.45, 2.75) is 32.2 Å². The molecule has 0 unspecified atom stereocenters. The van der Waals surface area contributed by atoms with Crippen LogP contribution < -0.4 is 5.73 Å². The van der Waals surface area contributed by atoms with Gasteiger partial charge >= 0.3 is 0 Å². The molecule has 0 aliphatic heterocycles. The van der Waals surface area contributed by atoms with Crippen LogP contribution in [0.25, 0.3) is 11.1 Å². The number of hydrogen-bond acceptors (Lipinski definition) is 3. The average molecular weight is 222 g/mol. The van der Waals surface area contributed by atoms with Crippen LogP contribution in [0.5, 0.6) is 0 Å². The molecule has 0 saturated heterocycles. The molecule has 1 aromatic carbocycles. The highest BCUT2D eigenvalue weighted by molar-refractivity contribution is 5.72. The van der Waals surface area contributed by atoms with E-state index in [-0.39, 0.29) is 11.4 Å². The maximum Gasteiger partial charge on any atom is 0.195 e. The minimum atomic E-state index is -0.311. The third kappa shape index (κ3) is 2.58. The van der Waals surface area contributed by atoms with Crippen LogP contribution in [0, 0.1) is 5.82 Å². The molecule has 16 heavy (non-hydrogen) atoms. The highest BCUT2D eigenvalue weighted by Crippen LogP contribution is 2.18. The topological polar surface area (TPSA) is 52.0 Å². The third-order valence-electron chi connectivity index (χ3n) is 2.38. The van der Waals surface area contributed by atoms with Gasteiger partial charge in [-0.3, -0.25) is 0 Å². The molecule has 0 bridgehead atoms. The molecule has 2 N–H and O–H groups in total. The minimum absolute atomic E-state index is 0.244. The summed E-state index contributed by atoms with van der Waals surface area (Å²) >= 11 is 0. The van der Waals surface area contributed by atoms with E-state index < -0.39 is 0 Å². The van der Waals surface area contributed by atoms with E-state index in [4.69, 9.17) is 10.2 Å². The van der Waals surface area contributed by atoms with Crippen molar-refractivity contribution in [1.82, 2.24) is 4.98 Å². The third-order valence-corrected chi connectivity index (χ3v) is 2.38. The summed E-state index contributed by atoms with van der Waals surface area (Å²) < 4.78 is 18.4. The van der Waals surface area contributed by atoms with E-state index in [1.54, 1.807) is 6.07 Å². The first-order valence-electron chi connectivity index (χ1n) is 5.28. The summed E-state index contributed by atoms with van der Waals surface area (Å²) in [5.41, 5.74) is 6.80. The number of fused-ring (bicyclic) bond motifs is 1. The van der Waals surface area contributed by atoms with E-state index in [1.807, 2.05) is 13.8 Å². The number of nitrogens with zero attached hydrogens (tertiary/aromatic N) is 1. The van der Waals surface area contributed by atoms with Crippen molar-refractivity contribution in [3.05, 3.63) is 29.9 Å². The molecule has 0 atom stereocenters.